The van der Waals surface area contributed by atoms with Gasteiger partial charge in [-0.1, -0.05) is 15.9 Å². The number of methoxy groups -OCH3 is 1. The van der Waals surface area contributed by atoms with Crippen LogP contribution < -0.4 is 15.4 Å². The zero-order valence-corrected chi connectivity index (χ0v) is 14.1. The molecule has 1 fully saturated rings. The van der Waals surface area contributed by atoms with Crippen molar-refractivity contribution in [2.24, 2.45) is 4.99 Å². The van der Waals surface area contributed by atoms with E-state index < -0.39 is 0 Å². The number of benzene rings is 1. The minimum absolute atomic E-state index is 0.295. The van der Waals surface area contributed by atoms with Crippen molar-refractivity contribution in [1.29, 1.82) is 0 Å². The van der Waals surface area contributed by atoms with Crippen molar-refractivity contribution in [3.8, 4) is 5.75 Å². The summed E-state index contributed by atoms with van der Waals surface area (Å²) in [6.07, 6.45) is 2.56. The number of ether oxygens (including phenoxy) is 2. The molecule has 0 amide bonds. The van der Waals surface area contributed by atoms with E-state index in [0.717, 1.165) is 47.7 Å². The van der Waals surface area contributed by atoms with Gasteiger partial charge in [0.15, 0.2) is 5.96 Å². The Bertz CT molecular complexity index is 488. The maximum Gasteiger partial charge on any atom is 0.191 e. The van der Waals surface area contributed by atoms with Gasteiger partial charge in [-0.3, -0.25) is 4.99 Å². The number of nitrogens with one attached hydrogen (secondary N) is 2. The lowest BCUT2D eigenvalue weighted by Gasteiger charge is -2.16. The van der Waals surface area contributed by atoms with E-state index in [4.69, 9.17) is 9.47 Å². The van der Waals surface area contributed by atoms with Crippen LogP contribution >= 0.6 is 15.9 Å². The summed E-state index contributed by atoms with van der Waals surface area (Å²) in [6, 6.07) is 5.95. The molecular weight excluding hydrogens is 334 g/mol. The Hall–Kier alpha value is -1.27. The van der Waals surface area contributed by atoms with Gasteiger partial charge >= 0.3 is 0 Å². The molecule has 1 unspecified atom stereocenters. The van der Waals surface area contributed by atoms with Gasteiger partial charge in [0.25, 0.3) is 0 Å². The van der Waals surface area contributed by atoms with Crippen LogP contribution in [0.4, 0.5) is 0 Å². The third-order valence-electron chi connectivity index (χ3n) is 3.43. The predicted octanol–water partition coefficient (Wildman–Crippen LogP) is 2.30. The molecule has 2 rings (SSSR count). The minimum atomic E-state index is 0.295. The van der Waals surface area contributed by atoms with Gasteiger partial charge in [0.2, 0.25) is 0 Å². The van der Waals surface area contributed by atoms with Gasteiger partial charge < -0.3 is 20.1 Å². The zero-order valence-electron chi connectivity index (χ0n) is 12.5. The topological polar surface area (TPSA) is 54.9 Å². The Morgan fingerprint density at radius 2 is 2.33 bits per heavy atom. The molecule has 5 nitrogen and oxygen atoms in total. The first-order valence-electron chi connectivity index (χ1n) is 7.11. The molecule has 21 heavy (non-hydrogen) atoms. The van der Waals surface area contributed by atoms with Gasteiger partial charge in [-0.2, -0.15) is 0 Å². The number of halogens is 1. The standard InChI is InChI=1S/C15H22BrN3O2/c1-17-15(19-10-13-4-3-7-21-13)18-9-11-8-12(16)5-6-14(11)20-2/h5-6,8,13H,3-4,7,9-10H2,1-2H3,(H2,17,18,19). The quantitative estimate of drug-likeness (QED) is 0.628. The number of nitrogens with zero attached hydrogens (tertiary/aromatic N) is 1. The Morgan fingerprint density at radius 3 is 3.00 bits per heavy atom. The number of aliphatic imine (C=N–C) groups is 1. The lowest BCUT2D eigenvalue weighted by Crippen LogP contribution is -2.40. The molecule has 1 heterocycles. The smallest absolute Gasteiger partial charge is 0.191 e. The van der Waals surface area contributed by atoms with Crippen LogP contribution in [0.25, 0.3) is 0 Å². The molecule has 1 aromatic carbocycles. The second-order valence-corrected chi connectivity index (χ2v) is 5.81. The van der Waals surface area contributed by atoms with Gasteiger partial charge in [-0.25, -0.2) is 0 Å². The average Bonchev–Trinajstić information content (AvgIpc) is 3.01. The van der Waals surface area contributed by atoms with E-state index in [1.165, 1.54) is 0 Å². The van der Waals surface area contributed by atoms with Gasteiger partial charge in [0.05, 0.1) is 13.2 Å². The summed E-state index contributed by atoms with van der Waals surface area (Å²) in [6.45, 7) is 2.30. The van der Waals surface area contributed by atoms with Crippen molar-refractivity contribution < 1.29 is 9.47 Å². The normalized spacial score (nSPS) is 18.6. The lowest BCUT2D eigenvalue weighted by molar-refractivity contribution is 0.114. The highest BCUT2D eigenvalue weighted by molar-refractivity contribution is 9.10. The first-order chi connectivity index (χ1) is 10.2. The Balaban J connectivity index is 1.86. The van der Waals surface area contributed by atoms with Crippen molar-refractivity contribution in [3.63, 3.8) is 0 Å². The third-order valence-corrected chi connectivity index (χ3v) is 3.93. The van der Waals surface area contributed by atoms with Crippen LogP contribution in [0.2, 0.25) is 0 Å². The fraction of sp³-hybridized carbons (Fsp3) is 0.533. The number of hydrogen-bond acceptors (Lipinski definition) is 3. The predicted molar refractivity (Wildman–Crippen MR) is 87.9 cm³/mol. The van der Waals surface area contributed by atoms with Crippen LogP contribution in [0.3, 0.4) is 0 Å². The summed E-state index contributed by atoms with van der Waals surface area (Å²) in [7, 11) is 3.44. The molecule has 0 radical (unpaired) electrons. The summed E-state index contributed by atoms with van der Waals surface area (Å²) in [5.74, 6) is 1.63. The van der Waals surface area contributed by atoms with Crippen molar-refractivity contribution >= 4 is 21.9 Å². The molecule has 1 aliphatic heterocycles. The second kappa shape index (κ2) is 8.24. The molecule has 1 atom stereocenters. The number of hydrogen-bond donors (Lipinski definition) is 2. The number of rotatable bonds is 5. The van der Waals surface area contributed by atoms with Crippen molar-refractivity contribution in [1.82, 2.24) is 10.6 Å². The fourth-order valence-electron chi connectivity index (χ4n) is 2.30. The first-order valence-corrected chi connectivity index (χ1v) is 7.90. The van der Waals surface area contributed by atoms with E-state index in [1.54, 1.807) is 14.2 Å². The first kappa shape index (κ1) is 16.1. The van der Waals surface area contributed by atoms with Crippen LogP contribution in [0, 0.1) is 0 Å². The second-order valence-electron chi connectivity index (χ2n) is 4.90. The lowest BCUT2D eigenvalue weighted by atomic mass is 10.2. The summed E-state index contributed by atoms with van der Waals surface area (Å²) in [4.78, 5) is 4.23. The molecule has 1 aromatic rings. The van der Waals surface area contributed by atoms with Gasteiger partial charge in [0, 0.05) is 36.8 Å². The Kier molecular flexibility index (Phi) is 6.32. The van der Waals surface area contributed by atoms with Crippen LogP contribution in [-0.4, -0.2) is 39.4 Å². The van der Waals surface area contributed by atoms with E-state index in [0.29, 0.717) is 12.6 Å². The summed E-state index contributed by atoms with van der Waals surface area (Å²) in [5, 5.41) is 6.59. The van der Waals surface area contributed by atoms with Gasteiger partial charge in [-0.15, -0.1) is 0 Å². The van der Waals surface area contributed by atoms with Crippen LogP contribution in [-0.2, 0) is 11.3 Å². The van der Waals surface area contributed by atoms with Gasteiger partial charge in [0.1, 0.15) is 5.75 Å². The molecule has 116 valence electrons. The highest BCUT2D eigenvalue weighted by atomic mass is 79.9. The molecule has 0 saturated carbocycles. The van der Waals surface area contributed by atoms with E-state index >= 15 is 0 Å². The molecule has 1 saturated heterocycles. The largest absolute Gasteiger partial charge is 0.496 e. The highest BCUT2D eigenvalue weighted by Gasteiger charge is 2.15. The Labute approximate surface area is 134 Å². The van der Waals surface area contributed by atoms with Crippen LogP contribution in [0.1, 0.15) is 18.4 Å². The highest BCUT2D eigenvalue weighted by Crippen LogP contribution is 2.22. The minimum Gasteiger partial charge on any atom is -0.496 e. The SMILES string of the molecule is CN=C(NCc1cc(Br)ccc1OC)NCC1CCCO1. The fourth-order valence-corrected chi connectivity index (χ4v) is 2.71. The summed E-state index contributed by atoms with van der Waals surface area (Å²) in [5.41, 5.74) is 1.08. The van der Waals surface area contributed by atoms with E-state index in [1.807, 2.05) is 18.2 Å². The van der Waals surface area contributed by atoms with Crippen LogP contribution in [0.5, 0.6) is 5.75 Å². The molecule has 0 spiro atoms. The molecule has 6 heteroatoms. The summed E-state index contributed by atoms with van der Waals surface area (Å²) < 4.78 is 12.0. The molecule has 2 N–H and O–H groups in total. The monoisotopic (exact) mass is 355 g/mol. The third kappa shape index (κ3) is 4.89. The molecule has 0 aliphatic carbocycles. The molecule has 1 aliphatic rings. The maximum atomic E-state index is 5.59. The molecular formula is C15H22BrN3O2. The van der Waals surface area contributed by atoms with Crippen LogP contribution in [0.15, 0.2) is 27.7 Å². The molecule has 0 aromatic heterocycles. The number of guanidine groups is 1. The average molecular weight is 356 g/mol. The van der Waals surface area contributed by atoms with Crippen molar-refractivity contribution in [2.45, 2.75) is 25.5 Å². The van der Waals surface area contributed by atoms with Crippen molar-refractivity contribution in [2.75, 3.05) is 27.3 Å². The van der Waals surface area contributed by atoms with E-state index in [2.05, 4.69) is 31.6 Å². The van der Waals surface area contributed by atoms with Gasteiger partial charge in [-0.05, 0) is 31.0 Å². The van der Waals surface area contributed by atoms with E-state index in [9.17, 15) is 0 Å². The maximum absolute atomic E-state index is 5.59. The van der Waals surface area contributed by atoms with E-state index in [-0.39, 0.29) is 0 Å². The Morgan fingerprint density at radius 1 is 1.48 bits per heavy atom. The molecule has 0 bridgehead atoms. The zero-order chi connectivity index (χ0) is 15.1. The van der Waals surface area contributed by atoms with Crippen molar-refractivity contribution in [3.05, 3.63) is 28.2 Å². The summed E-state index contributed by atoms with van der Waals surface area (Å²) >= 11 is 3.48.